The van der Waals surface area contributed by atoms with Crippen molar-refractivity contribution in [1.29, 1.82) is 0 Å². The van der Waals surface area contributed by atoms with E-state index in [0.717, 1.165) is 11.8 Å². The van der Waals surface area contributed by atoms with E-state index >= 15 is 0 Å². The second-order valence-electron chi connectivity index (χ2n) is 3.01. The van der Waals surface area contributed by atoms with Gasteiger partial charge < -0.3 is 10.1 Å². The average Bonchev–Trinajstić information content (AvgIpc) is 2.29. The van der Waals surface area contributed by atoms with Gasteiger partial charge in [-0.3, -0.25) is 4.79 Å². The number of hydrogen-bond donors (Lipinski definition) is 2. The Kier molecular flexibility index (Phi) is 3.20. The van der Waals surface area contributed by atoms with Gasteiger partial charge in [0, 0.05) is 12.3 Å². The van der Waals surface area contributed by atoms with Crippen LogP contribution < -0.4 is 5.56 Å². The van der Waals surface area contributed by atoms with E-state index in [9.17, 15) is 9.59 Å². The van der Waals surface area contributed by atoms with Crippen molar-refractivity contribution in [1.82, 2.24) is 15.0 Å². The first kappa shape index (κ1) is 11.3. The molecule has 0 saturated heterocycles. The monoisotopic (exact) mass is 249 g/mol. The van der Waals surface area contributed by atoms with Crippen LogP contribution in [0.15, 0.2) is 45.6 Å². The van der Waals surface area contributed by atoms with Crippen LogP contribution in [0.1, 0.15) is 10.4 Å². The van der Waals surface area contributed by atoms with Gasteiger partial charge in [0.25, 0.3) is 5.56 Å². The second-order valence-corrected chi connectivity index (χ2v) is 4.02. The van der Waals surface area contributed by atoms with Crippen LogP contribution in [0.4, 0.5) is 0 Å². The first-order valence-corrected chi connectivity index (χ1v) is 5.39. The summed E-state index contributed by atoms with van der Waals surface area (Å²) in [5.74, 6) is -1.06. The SMILES string of the molecule is O=C(O)c1cccnc1Sc1cc(=O)[nH]cn1. The molecule has 7 heteroatoms. The summed E-state index contributed by atoms with van der Waals surface area (Å²) in [6.45, 7) is 0. The predicted molar refractivity (Wildman–Crippen MR) is 60.2 cm³/mol. The van der Waals surface area contributed by atoms with Gasteiger partial charge in [-0.15, -0.1) is 0 Å². The number of carbonyl (C=O) groups is 1. The smallest absolute Gasteiger partial charge is 0.338 e. The minimum absolute atomic E-state index is 0.0829. The molecule has 0 unspecified atom stereocenters. The number of rotatable bonds is 3. The fourth-order valence-corrected chi connectivity index (χ4v) is 1.99. The van der Waals surface area contributed by atoms with Gasteiger partial charge in [0.2, 0.25) is 0 Å². The molecule has 0 aliphatic carbocycles. The Labute approximate surface area is 99.8 Å². The Balaban J connectivity index is 2.36. The molecule has 2 rings (SSSR count). The van der Waals surface area contributed by atoms with Crippen LogP contribution in [0.5, 0.6) is 0 Å². The number of nitrogens with zero attached hydrogens (tertiary/aromatic N) is 2. The van der Waals surface area contributed by atoms with E-state index in [1.165, 1.54) is 24.7 Å². The van der Waals surface area contributed by atoms with Gasteiger partial charge in [0.15, 0.2) is 0 Å². The number of hydrogen-bond acceptors (Lipinski definition) is 5. The third-order valence-corrected chi connectivity index (χ3v) is 2.81. The largest absolute Gasteiger partial charge is 0.478 e. The van der Waals surface area contributed by atoms with Crippen LogP contribution >= 0.6 is 11.8 Å². The molecular formula is C10H7N3O3S. The summed E-state index contributed by atoms with van der Waals surface area (Å²) in [6.07, 6.45) is 2.75. The highest BCUT2D eigenvalue weighted by atomic mass is 32.2. The fourth-order valence-electron chi connectivity index (χ4n) is 1.14. The van der Waals surface area contributed by atoms with Crippen LogP contribution in [0, 0.1) is 0 Å². The maximum absolute atomic E-state index is 11.1. The summed E-state index contributed by atoms with van der Waals surface area (Å²) in [7, 11) is 0. The minimum Gasteiger partial charge on any atom is -0.478 e. The highest BCUT2D eigenvalue weighted by molar-refractivity contribution is 7.99. The van der Waals surface area contributed by atoms with Crippen molar-refractivity contribution in [2.24, 2.45) is 0 Å². The Morgan fingerprint density at radius 1 is 1.41 bits per heavy atom. The van der Waals surface area contributed by atoms with E-state index in [1.807, 2.05) is 0 Å². The van der Waals surface area contributed by atoms with Crippen molar-refractivity contribution >= 4 is 17.7 Å². The van der Waals surface area contributed by atoms with Crippen molar-refractivity contribution in [3.8, 4) is 0 Å². The zero-order valence-corrected chi connectivity index (χ0v) is 9.27. The van der Waals surface area contributed by atoms with E-state index in [0.29, 0.717) is 10.1 Å². The third kappa shape index (κ3) is 2.70. The van der Waals surface area contributed by atoms with Gasteiger partial charge in [-0.1, -0.05) is 0 Å². The Morgan fingerprint density at radius 3 is 2.94 bits per heavy atom. The molecule has 2 aromatic rings. The van der Waals surface area contributed by atoms with Gasteiger partial charge in [0.05, 0.1) is 11.9 Å². The molecule has 0 aromatic carbocycles. The Bertz CT molecular complexity index is 611. The highest BCUT2D eigenvalue weighted by Gasteiger charge is 2.12. The first-order valence-electron chi connectivity index (χ1n) is 4.58. The van der Waals surface area contributed by atoms with Gasteiger partial charge in [-0.25, -0.2) is 14.8 Å². The van der Waals surface area contributed by atoms with Crippen molar-refractivity contribution < 1.29 is 9.90 Å². The number of aromatic amines is 1. The van der Waals surface area contributed by atoms with Crippen molar-refractivity contribution in [2.75, 3.05) is 0 Å². The molecular weight excluding hydrogens is 242 g/mol. The molecule has 0 bridgehead atoms. The molecule has 86 valence electrons. The van der Waals surface area contributed by atoms with E-state index < -0.39 is 5.97 Å². The van der Waals surface area contributed by atoms with Crippen molar-refractivity contribution in [2.45, 2.75) is 10.1 Å². The van der Waals surface area contributed by atoms with Gasteiger partial charge in [-0.2, -0.15) is 0 Å². The number of aromatic nitrogens is 3. The lowest BCUT2D eigenvalue weighted by atomic mass is 10.3. The average molecular weight is 249 g/mol. The molecule has 0 amide bonds. The fraction of sp³-hybridized carbons (Fsp3) is 0. The van der Waals surface area contributed by atoms with Crippen LogP contribution in [-0.4, -0.2) is 26.0 Å². The lowest BCUT2D eigenvalue weighted by Gasteiger charge is -2.02. The summed E-state index contributed by atoms with van der Waals surface area (Å²) < 4.78 is 0. The normalized spacial score (nSPS) is 10.1. The summed E-state index contributed by atoms with van der Waals surface area (Å²) in [5.41, 5.74) is -0.213. The summed E-state index contributed by atoms with van der Waals surface area (Å²) in [5, 5.41) is 9.66. The molecule has 2 heterocycles. The maximum atomic E-state index is 11.1. The Hall–Kier alpha value is -2.15. The van der Waals surface area contributed by atoms with Gasteiger partial charge >= 0.3 is 5.97 Å². The second kappa shape index (κ2) is 4.79. The molecule has 17 heavy (non-hydrogen) atoms. The van der Waals surface area contributed by atoms with Crippen molar-refractivity contribution in [3.63, 3.8) is 0 Å². The number of aromatic carboxylic acids is 1. The lowest BCUT2D eigenvalue weighted by Crippen LogP contribution is -2.05. The molecule has 0 spiro atoms. The molecule has 0 saturated carbocycles. The number of carboxylic acid groups (broad SMARTS) is 1. The minimum atomic E-state index is -1.06. The molecule has 2 aromatic heterocycles. The molecule has 0 aliphatic rings. The third-order valence-electron chi connectivity index (χ3n) is 1.86. The lowest BCUT2D eigenvalue weighted by molar-refractivity contribution is 0.0692. The summed E-state index contributed by atoms with van der Waals surface area (Å²) in [6, 6.07) is 4.27. The zero-order chi connectivity index (χ0) is 12.3. The topological polar surface area (TPSA) is 95.9 Å². The summed E-state index contributed by atoms with van der Waals surface area (Å²) in [4.78, 5) is 32.2. The zero-order valence-electron chi connectivity index (χ0n) is 8.45. The van der Waals surface area contributed by atoms with Crippen molar-refractivity contribution in [3.05, 3.63) is 46.6 Å². The number of H-pyrrole nitrogens is 1. The molecule has 2 N–H and O–H groups in total. The van der Waals surface area contributed by atoms with Gasteiger partial charge in [0.1, 0.15) is 10.1 Å². The van der Waals surface area contributed by atoms with Crippen LogP contribution in [0.2, 0.25) is 0 Å². The van der Waals surface area contributed by atoms with Crippen LogP contribution in [0.25, 0.3) is 0 Å². The van der Waals surface area contributed by atoms with E-state index in [-0.39, 0.29) is 11.1 Å². The first-order chi connectivity index (χ1) is 8.16. The van der Waals surface area contributed by atoms with E-state index in [2.05, 4.69) is 15.0 Å². The number of nitrogens with one attached hydrogen (secondary N) is 1. The van der Waals surface area contributed by atoms with Gasteiger partial charge in [-0.05, 0) is 23.9 Å². The molecule has 6 nitrogen and oxygen atoms in total. The van der Waals surface area contributed by atoms with Crippen LogP contribution in [0.3, 0.4) is 0 Å². The van der Waals surface area contributed by atoms with Crippen LogP contribution in [-0.2, 0) is 0 Å². The van der Waals surface area contributed by atoms with E-state index in [1.54, 1.807) is 6.07 Å². The molecule has 0 radical (unpaired) electrons. The predicted octanol–water partition coefficient (Wildman–Crippen LogP) is 1.01. The molecule has 0 fully saturated rings. The standard InChI is InChI=1S/C10H7N3O3S/c14-7-4-8(13-5-12-7)17-9-6(10(15)16)2-1-3-11-9/h1-5H,(H,15,16)(H,12,13,14). The number of pyridine rings is 1. The maximum Gasteiger partial charge on any atom is 0.338 e. The Morgan fingerprint density at radius 2 is 2.24 bits per heavy atom. The molecule has 0 atom stereocenters. The summed E-state index contributed by atoms with van der Waals surface area (Å²) >= 11 is 1.03. The quantitative estimate of drug-likeness (QED) is 0.788. The highest BCUT2D eigenvalue weighted by Crippen LogP contribution is 2.25. The number of carboxylic acids is 1. The van der Waals surface area contributed by atoms with E-state index in [4.69, 9.17) is 5.11 Å². The molecule has 0 aliphatic heterocycles.